The summed E-state index contributed by atoms with van der Waals surface area (Å²) in [4.78, 5) is 28.0. The third-order valence-electron chi connectivity index (χ3n) is 3.18. The average Bonchev–Trinajstić information content (AvgIpc) is 2.85. The number of benzene rings is 1. The Morgan fingerprint density at radius 1 is 1.55 bits per heavy atom. The average molecular weight is 274 g/mol. The van der Waals surface area contributed by atoms with Gasteiger partial charge in [0, 0.05) is 24.4 Å². The van der Waals surface area contributed by atoms with Gasteiger partial charge in [-0.1, -0.05) is 17.2 Å². The van der Waals surface area contributed by atoms with E-state index in [1.54, 1.807) is 24.3 Å². The second-order valence-corrected chi connectivity index (χ2v) is 4.48. The highest BCUT2D eigenvalue weighted by atomic mass is 16.2. The van der Waals surface area contributed by atoms with Crippen LogP contribution in [0.25, 0.3) is 10.4 Å². The zero-order valence-corrected chi connectivity index (χ0v) is 10.7. The zero-order valence-electron chi connectivity index (χ0n) is 10.7. The van der Waals surface area contributed by atoms with E-state index < -0.39 is 5.91 Å². The second kappa shape index (κ2) is 6.05. The van der Waals surface area contributed by atoms with Gasteiger partial charge < -0.3 is 4.90 Å². The quantitative estimate of drug-likeness (QED) is 0.212. The number of para-hydroxylation sites is 1. The van der Waals surface area contributed by atoms with Crippen molar-refractivity contribution < 1.29 is 9.59 Å². The number of carbonyl (C=O) groups excluding carboxylic acids is 2. The summed E-state index contributed by atoms with van der Waals surface area (Å²) < 4.78 is 0. The minimum absolute atomic E-state index is 0.0348. The van der Waals surface area contributed by atoms with Crippen LogP contribution < -0.4 is 16.2 Å². The fourth-order valence-corrected chi connectivity index (χ4v) is 2.27. The van der Waals surface area contributed by atoms with Crippen LogP contribution in [0.1, 0.15) is 16.8 Å². The van der Waals surface area contributed by atoms with Crippen LogP contribution in [0.4, 0.5) is 5.69 Å². The molecule has 1 saturated heterocycles. The van der Waals surface area contributed by atoms with Crippen molar-refractivity contribution in [2.24, 2.45) is 16.9 Å². The first-order chi connectivity index (χ1) is 9.67. The summed E-state index contributed by atoms with van der Waals surface area (Å²) in [5, 5.41) is 3.49. The van der Waals surface area contributed by atoms with E-state index in [0.717, 1.165) is 0 Å². The molecule has 1 aromatic rings. The van der Waals surface area contributed by atoms with Crippen molar-refractivity contribution in [2.75, 3.05) is 18.0 Å². The van der Waals surface area contributed by atoms with Crippen molar-refractivity contribution in [1.82, 2.24) is 5.43 Å². The molecule has 1 fully saturated rings. The van der Waals surface area contributed by atoms with E-state index in [-0.39, 0.29) is 18.4 Å². The van der Waals surface area contributed by atoms with Gasteiger partial charge in [-0.05, 0) is 23.6 Å². The largest absolute Gasteiger partial charge is 0.311 e. The molecule has 1 heterocycles. The van der Waals surface area contributed by atoms with Crippen molar-refractivity contribution in [1.29, 1.82) is 0 Å². The van der Waals surface area contributed by atoms with Crippen LogP contribution >= 0.6 is 0 Å². The molecule has 8 nitrogen and oxygen atoms in total. The third kappa shape index (κ3) is 2.71. The van der Waals surface area contributed by atoms with Crippen LogP contribution in [0.3, 0.4) is 0 Å². The van der Waals surface area contributed by atoms with Crippen molar-refractivity contribution in [3.63, 3.8) is 0 Å². The van der Waals surface area contributed by atoms with Gasteiger partial charge in [-0.15, -0.1) is 0 Å². The molecule has 20 heavy (non-hydrogen) atoms. The molecule has 0 spiro atoms. The molecule has 0 bridgehead atoms. The number of carbonyl (C=O) groups is 2. The van der Waals surface area contributed by atoms with Gasteiger partial charge in [-0.25, -0.2) is 5.84 Å². The lowest BCUT2D eigenvalue weighted by Crippen LogP contribution is -2.33. The maximum atomic E-state index is 12.0. The number of amides is 2. The molecule has 2 amide bonds. The van der Waals surface area contributed by atoms with E-state index in [9.17, 15) is 9.59 Å². The Morgan fingerprint density at radius 2 is 2.30 bits per heavy atom. The third-order valence-corrected chi connectivity index (χ3v) is 3.18. The number of anilines is 1. The Balaban J connectivity index is 2.26. The van der Waals surface area contributed by atoms with Crippen LogP contribution in [-0.4, -0.2) is 24.9 Å². The molecular weight excluding hydrogens is 260 g/mol. The lowest BCUT2D eigenvalue weighted by molar-refractivity contribution is -0.117. The maximum Gasteiger partial charge on any atom is 0.267 e. The minimum atomic E-state index is -0.452. The lowest BCUT2D eigenvalue weighted by atomic mass is 10.1. The van der Waals surface area contributed by atoms with Crippen LogP contribution in [0.5, 0.6) is 0 Å². The first-order valence-electron chi connectivity index (χ1n) is 6.08. The van der Waals surface area contributed by atoms with Crippen LogP contribution in [0.15, 0.2) is 29.4 Å². The minimum Gasteiger partial charge on any atom is -0.311 e. The molecule has 0 radical (unpaired) electrons. The Kier molecular flexibility index (Phi) is 4.19. The monoisotopic (exact) mass is 274 g/mol. The van der Waals surface area contributed by atoms with Gasteiger partial charge >= 0.3 is 0 Å². The summed E-state index contributed by atoms with van der Waals surface area (Å²) in [6.45, 7) is 0.691. The molecule has 2 rings (SSSR count). The molecule has 1 aliphatic heterocycles. The fraction of sp³-hybridized carbons (Fsp3) is 0.333. The molecule has 104 valence electrons. The predicted molar refractivity (Wildman–Crippen MR) is 72.6 cm³/mol. The SMILES string of the molecule is [N-]=[N+]=NCC1CC(=O)N(c2ccccc2C(=O)NN)C1. The molecule has 3 N–H and O–H groups in total. The number of hydrogen-bond acceptors (Lipinski definition) is 4. The molecule has 8 heteroatoms. The standard InChI is InChI=1S/C12H14N6O2/c13-16-12(20)9-3-1-2-4-10(9)18-7-8(5-11(18)19)6-15-17-14/h1-4,8H,5-7,13H2,(H,16,20). The molecule has 0 saturated carbocycles. The van der Waals surface area contributed by atoms with E-state index in [0.29, 0.717) is 24.2 Å². The summed E-state index contributed by atoms with van der Waals surface area (Å²) in [6, 6.07) is 6.74. The summed E-state index contributed by atoms with van der Waals surface area (Å²) in [5.74, 6) is 4.56. The Labute approximate surface area is 115 Å². The summed E-state index contributed by atoms with van der Waals surface area (Å²) in [5.41, 5.74) is 11.2. The Morgan fingerprint density at radius 3 is 3.00 bits per heavy atom. The van der Waals surface area contributed by atoms with Crippen molar-refractivity contribution in [2.45, 2.75) is 6.42 Å². The van der Waals surface area contributed by atoms with Gasteiger partial charge in [-0.2, -0.15) is 0 Å². The molecule has 1 atom stereocenters. The number of hydrazine groups is 1. The fourth-order valence-electron chi connectivity index (χ4n) is 2.27. The van der Waals surface area contributed by atoms with Gasteiger partial charge in [-0.3, -0.25) is 15.0 Å². The van der Waals surface area contributed by atoms with Crippen LogP contribution in [-0.2, 0) is 4.79 Å². The summed E-state index contributed by atoms with van der Waals surface area (Å²) in [6.07, 6.45) is 0.303. The molecule has 1 aromatic carbocycles. The van der Waals surface area contributed by atoms with Gasteiger partial charge in [0.05, 0.1) is 11.3 Å². The van der Waals surface area contributed by atoms with E-state index in [2.05, 4.69) is 15.5 Å². The molecule has 0 aromatic heterocycles. The van der Waals surface area contributed by atoms with Crippen molar-refractivity contribution in [3.8, 4) is 0 Å². The summed E-state index contributed by atoms with van der Waals surface area (Å²) in [7, 11) is 0. The smallest absolute Gasteiger partial charge is 0.267 e. The van der Waals surface area contributed by atoms with E-state index in [1.807, 2.05) is 0 Å². The summed E-state index contributed by atoms with van der Waals surface area (Å²) >= 11 is 0. The second-order valence-electron chi connectivity index (χ2n) is 4.48. The number of rotatable bonds is 4. The van der Waals surface area contributed by atoms with Crippen molar-refractivity contribution >= 4 is 17.5 Å². The molecule has 1 aliphatic rings. The van der Waals surface area contributed by atoms with E-state index in [1.165, 1.54) is 4.90 Å². The van der Waals surface area contributed by atoms with Crippen molar-refractivity contribution in [3.05, 3.63) is 40.3 Å². The highest BCUT2D eigenvalue weighted by Gasteiger charge is 2.31. The number of hydrogen-bond donors (Lipinski definition) is 2. The zero-order chi connectivity index (χ0) is 14.5. The first kappa shape index (κ1) is 13.9. The highest BCUT2D eigenvalue weighted by Crippen LogP contribution is 2.28. The number of nitrogens with zero attached hydrogens (tertiary/aromatic N) is 4. The molecule has 1 unspecified atom stereocenters. The topological polar surface area (TPSA) is 124 Å². The van der Waals surface area contributed by atoms with Gasteiger partial charge in [0.15, 0.2) is 0 Å². The maximum absolute atomic E-state index is 12.0. The molecule has 0 aliphatic carbocycles. The normalized spacial score (nSPS) is 17.8. The van der Waals surface area contributed by atoms with Gasteiger partial charge in [0.1, 0.15) is 0 Å². The highest BCUT2D eigenvalue weighted by molar-refractivity contribution is 6.05. The van der Waals surface area contributed by atoms with Crippen LogP contribution in [0.2, 0.25) is 0 Å². The van der Waals surface area contributed by atoms with Crippen LogP contribution in [0, 0.1) is 5.92 Å². The number of nitrogens with two attached hydrogens (primary N) is 1. The van der Waals surface area contributed by atoms with Gasteiger partial charge in [0.25, 0.3) is 5.91 Å². The molecular formula is C12H14N6O2. The lowest BCUT2D eigenvalue weighted by Gasteiger charge is -2.19. The predicted octanol–water partition coefficient (Wildman–Crippen LogP) is 0.953. The van der Waals surface area contributed by atoms with E-state index in [4.69, 9.17) is 11.4 Å². The number of azide groups is 1. The number of nitrogens with one attached hydrogen (secondary N) is 1. The Hall–Kier alpha value is -2.57. The van der Waals surface area contributed by atoms with Gasteiger partial charge in [0.2, 0.25) is 5.91 Å². The Bertz CT molecular complexity index is 581. The first-order valence-corrected chi connectivity index (χ1v) is 6.08. The number of nitrogen functional groups attached to an aromatic ring is 1. The van der Waals surface area contributed by atoms with E-state index >= 15 is 0 Å².